The van der Waals surface area contributed by atoms with Gasteiger partial charge in [-0.15, -0.1) is 0 Å². The lowest BCUT2D eigenvalue weighted by molar-refractivity contribution is 0.0643. The topological polar surface area (TPSA) is 125 Å². The first-order chi connectivity index (χ1) is 11.0. The third-order valence-corrected chi connectivity index (χ3v) is 6.03. The van der Waals surface area contributed by atoms with Gasteiger partial charge in [0.15, 0.2) is 11.1 Å². The highest BCUT2D eigenvalue weighted by molar-refractivity contribution is 7.86. The molecule has 0 saturated heterocycles. The smallest absolute Gasteiger partial charge is 0.306 e. The normalized spacial score (nSPS) is 14.7. The molecular formula is C12H27O9PS2. The summed E-state index contributed by atoms with van der Waals surface area (Å²) in [5.74, 6) is -0.492. The lowest BCUT2D eigenvalue weighted by atomic mass is 9.97. The van der Waals surface area contributed by atoms with Crippen LogP contribution in [0.5, 0.6) is 0 Å². The van der Waals surface area contributed by atoms with Crippen molar-refractivity contribution in [2.24, 2.45) is 5.41 Å². The van der Waals surface area contributed by atoms with Crippen molar-refractivity contribution in [2.45, 2.75) is 34.1 Å². The maximum atomic E-state index is 12.2. The van der Waals surface area contributed by atoms with Gasteiger partial charge < -0.3 is 4.55 Å². The van der Waals surface area contributed by atoms with Gasteiger partial charge in [0.1, 0.15) is 0 Å². The van der Waals surface area contributed by atoms with Gasteiger partial charge in [0.05, 0.1) is 37.9 Å². The summed E-state index contributed by atoms with van der Waals surface area (Å²) in [6.07, 6.45) is 0.0201. The standard InChI is InChI=1S/C12H27O9PS2/c1-5-18-22(13,19-6-2)20-10-12(3,4)11-21-24(16,17)9-7-8-23(14)15/h5-11H2,1-4H3,(H,14,15). The predicted molar refractivity (Wildman–Crippen MR) is 90.6 cm³/mol. The van der Waals surface area contributed by atoms with E-state index in [4.69, 9.17) is 22.3 Å². The van der Waals surface area contributed by atoms with Gasteiger partial charge in [0.25, 0.3) is 10.1 Å². The van der Waals surface area contributed by atoms with Crippen LogP contribution in [0.3, 0.4) is 0 Å². The summed E-state index contributed by atoms with van der Waals surface area (Å²) < 4.78 is 74.8. The molecule has 0 aromatic rings. The Kier molecular flexibility index (Phi) is 11.0. The monoisotopic (exact) mass is 410 g/mol. The highest BCUT2D eigenvalue weighted by atomic mass is 32.2. The van der Waals surface area contributed by atoms with Crippen LogP contribution in [0.4, 0.5) is 0 Å². The third-order valence-electron chi connectivity index (χ3n) is 2.53. The van der Waals surface area contributed by atoms with Crippen LogP contribution in [-0.2, 0) is 43.5 Å². The van der Waals surface area contributed by atoms with E-state index in [9.17, 15) is 17.2 Å². The van der Waals surface area contributed by atoms with E-state index >= 15 is 0 Å². The SMILES string of the molecule is CCOP(=O)(OCC)OCC(C)(C)COS(=O)(=O)CCCS(=O)O. The molecule has 0 bridgehead atoms. The van der Waals surface area contributed by atoms with E-state index in [1.807, 2.05) is 0 Å². The predicted octanol–water partition coefficient (Wildman–Crippen LogP) is 2.17. The Bertz CT molecular complexity index is 523. The molecule has 0 spiro atoms. The average molecular weight is 410 g/mol. The van der Waals surface area contributed by atoms with Gasteiger partial charge in [-0.05, 0) is 20.3 Å². The highest BCUT2D eigenvalue weighted by Gasteiger charge is 2.31. The second-order valence-corrected chi connectivity index (χ2v) is 10.1. The van der Waals surface area contributed by atoms with Crippen LogP contribution in [0.1, 0.15) is 34.1 Å². The highest BCUT2D eigenvalue weighted by Crippen LogP contribution is 2.50. The first-order valence-electron chi connectivity index (χ1n) is 7.43. The lowest BCUT2D eigenvalue weighted by Crippen LogP contribution is -2.28. The summed E-state index contributed by atoms with van der Waals surface area (Å²) in [6, 6.07) is 0. The fourth-order valence-corrected chi connectivity index (χ4v) is 4.44. The Hall–Kier alpha value is 0.130. The number of rotatable bonds is 14. The Balaban J connectivity index is 4.47. The Morgan fingerprint density at radius 2 is 1.62 bits per heavy atom. The Morgan fingerprint density at radius 1 is 1.08 bits per heavy atom. The molecule has 0 heterocycles. The van der Waals surface area contributed by atoms with Crippen LogP contribution in [0.2, 0.25) is 0 Å². The van der Waals surface area contributed by atoms with Crippen LogP contribution >= 0.6 is 7.82 Å². The van der Waals surface area contributed by atoms with Crippen LogP contribution in [-0.4, -0.2) is 55.1 Å². The van der Waals surface area contributed by atoms with Crippen LogP contribution in [0, 0.1) is 5.41 Å². The average Bonchev–Trinajstić information content (AvgIpc) is 2.44. The largest absolute Gasteiger partial charge is 0.474 e. The molecule has 0 rings (SSSR count). The van der Waals surface area contributed by atoms with Crippen molar-refractivity contribution in [3.63, 3.8) is 0 Å². The summed E-state index contributed by atoms with van der Waals surface area (Å²) in [6.45, 7) is 6.64. The maximum absolute atomic E-state index is 12.2. The fourth-order valence-electron chi connectivity index (χ4n) is 1.39. The van der Waals surface area contributed by atoms with E-state index < -0.39 is 34.4 Å². The van der Waals surface area contributed by atoms with E-state index in [2.05, 4.69) is 0 Å². The number of hydrogen-bond acceptors (Lipinski definition) is 8. The molecule has 1 unspecified atom stereocenters. The van der Waals surface area contributed by atoms with Crippen molar-refractivity contribution >= 4 is 29.0 Å². The summed E-state index contributed by atoms with van der Waals surface area (Å²) in [5, 5.41) is 0. The molecule has 0 aromatic carbocycles. The van der Waals surface area contributed by atoms with Crippen molar-refractivity contribution in [1.82, 2.24) is 0 Å². The van der Waals surface area contributed by atoms with Crippen LogP contribution < -0.4 is 0 Å². The zero-order chi connectivity index (χ0) is 18.9. The molecule has 24 heavy (non-hydrogen) atoms. The molecule has 0 aliphatic heterocycles. The molecular weight excluding hydrogens is 383 g/mol. The second-order valence-electron chi connectivity index (χ2n) is 5.62. The van der Waals surface area contributed by atoms with Crippen molar-refractivity contribution in [3.8, 4) is 0 Å². The van der Waals surface area contributed by atoms with E-state index in [1.54, 1.807) is 27.7 Å². The number of phosphoric acid groups is 1. The fraction of sp³-hybridized carbons (Fsp3) is 1.00. The van der Waals surface area contributed by atoms with Gasteiger partial charge in [0.2, 0.25) is 0 Å². The molecule has 12 heteroatoms. The van der Waals surface area contributed by atoms with Crippen molar-refractivity contribution in [1.29, 1.82) is 0 Å². The zero-order valence-electron chi connectivity index (χ0n) is 14.4. The van der Waals surface area contributed by atoms with E-state index in [0.717, 1.165) is 0 Å². The van der Waals surface area contributed by atoms with Crippen LogP contribution in [0.25, 0.3) is 0 Å². The van der Waals surface area contributed by atoms with Crippen LogP contribution in [0.15, 0.2) is 0 Å². The minimum atomic E-state index is -3.82. The number of phosphoric ester groups is 1. The molecule has 0 aliphatic carbocycles. The molecule has 0 radical (unpaired) electrons. The molecule has 0 amide bonds. The van der Waals surface area contributed by atoms with Gasteiger partial charge in [-0.25, -0.2) is 8.77 Å². The summed E-state index contributed by atoms with van der Waals surface area (Å²) in [4.78, 5) is 0. The van der Waals surface area contributed by atoms with Gasteiger partial charge in [-0.1, -0.05) is 13.8 Å². The summed E-state index contributed by atoms with van der Waals surface area (Å²) in [5.41, 5.74) is -0.767. The molecule has 1 atom stereocenters. The maximum Gasteiger partial charge on any atom is 0.474 e. The van der Waals surface area contributed by atoms with E-state index in [1.165, 1.54) is 0 Å². The lowest BCUT2D eigenvalue weighted by Gasteiger charge is -2.26. The third kappa shape index (κ3) is 11.6. The quantitative estimate of drug-likeness (QED) is 0.260. The second kappa shape index (κ2) is 11.0. The minimum Gasteiger partial charge on any atom is -0.306 e. The van der Waals surface area contributed by atoms with E-state index in [0.29, 0.717) is 0 Å². The van der Waals surface area contributed by atoms with Gasteiger partial charge >= 0.3 is 7.82 Å². The first-order valence-corrected chi connectivity index (χ1v) is 11.7. The summed E-state index contributed by atoms with van der Waals surface area (Å²) >= 11 is -2.04. The van der Waals surface area contributed by atoms with Crippen molar-refractivity contribution in [2.75, 3.05) is 37.9 Å². The molecule has 0 aliphatic rings. The van der Waals surface area contributed by atoms with Gasteiger partial charge in [-0.3, -0.25) is 17.8 Å². The molecule has 1 N–H and O–H groups in total. The summed E-state index contributed by atoms with van der Waals surface area (Å²) in [7, 11) is -7.49. The first kappa shape index (κ1) is 24.1. The van der Waals surface area contributed by atoms with Crippen molar-refractivity contribution in [3.05, 3.63) is 0 Å². The number of hydrogen-bond donors (Lipinski definition) is 1. The Morgan fingerprint density at radius 3 is 2.08 bits per heavy atom. The van der Waals surface area contributed by atoms with Gasteiger partial charge in [-0.2, -0.15) is 8.42 Å². The molecule has 0 saturated carbocycles. The molecule has 9 nitrogen and oxygen atoms in total. The Labute approximate surface area is 146 Å². The molecule has 0 fully saturated rings. The zero-order valence-corrected chi connectivity index (χ0v) is 17.0. The van der Waals surface area contributed by atoms with Crippen molar-refractivity contribution < 1.29 is 39.5 Å². The minimum absolute atomic E-state index is 0.0201. The van der Waals surface area contributed by atoms with Gasteiger partial charge in [0, 0.05) is 5.41 Å². The molecule has 146 valence electrons. The van der Waals surface area contributed by atoms with E-state index in [-0.39, 0.29) is 44.4 Å². The molecule has 0 aromatic heterocycles.